The molecule has 118 valence electrons. The van der Waals surface area contributed by atoms with E-state index in [-0.39, 0.29) is 18.0 Å². The van der Waals surface area contributed by atoms with E-state index in [1.54, 1.807) is 0 Å². The molecule has 0 aromatic heterocycles. The third-order valence-corrected chi connectivity index (χ3v) is 3.90. The van der Waals surface area contributed by atoms with Gasteiger partial charge in [-0.2, -0.15) is 0 Å². The number of aliphatic carboxylic acids is 1. The summed E-state index contributed by atoms with van der Waals surface area (Å²) in [6.07, 6.45) is 2.44. The summed E-state index contributed by atoms with van der Waals surface area (Å²) in [7, 11) is 0. The first-order chi connectivity index (χ1) is 9.75. The lowest BCUT2D eigenvalue weighted by molar-refractivity contribution is -0.137. The summed E-state index contributed by atoms with van der Waals surface area (Å²) in [6.45, 7) is 11.3. The summed E-state index contributed by atoms with van der Waals surface area (Å²) in [6, 6.07) is 8.94. The van der Waals surface area contributed by atoms with Crippen LogP contribution in [0.25, 0.3) is 0 Å². The van der Waals surface area contributed by atoms with Gasteiger partial charge in [0.2, 0.25) is 0 Å². The zero-order chi connectivity index (χ0) is 16.0. The summed E-state index contributed by atoms with van der Waals surface area (Å²) >= 11 is 0. The van der Waals surface area contributed by atoms with Crippen LogP contribution in [0.2, 0.25) is 0 Å². The number of rotatable bonds is 7. The van der Waals surface area contributed by atoms with Crippen LogP contribution in [0, 0.1) is 0 Å². The van der Waals surface area contributed by atoms with Gasteiger partial charge in [-0.1, -0.05) is 37.6 Å². The monoisotopic (exact) mass is 291 g/mol. The van der Waals surface area contributed by atoms with E-state index < -0.39 is 5.97 Å². The van der Waals surface area contributed by atoms with Crippen molar-refractivity contribution >= 4 is 5.97 Å². The first-order valence-corrected chi connectivity index (χ1v) is 7.83. The number of benzene rings is 1. The fourth-order valence-corrected chi connectivity index (χ4v) is 2.76. The topological polar surface area (TPSA) is 40.5 Å². The van der Waals surface area contributed by atoms with Gasteiger partial charge < -0.3 is 5.11 Å². The molecule has 0 fully saturated rings. The quantitative estimate of drug-likeness (QED) is 0.815. The van der Waals surface area contributed by atoms with Crippen LogP contribution in [0.4, 0.5) is 0 Å². The first-order valence-electron chi connectivity index (χ1n) is 7.83. The van der Waals surface area contributed by atoms with Crippen molar-refractivity contribution in [3.63, 3.8) is 0 Å². The molecule has 0 amide bonds. The van der Waals surface area contributed by atoms with Crippen LogP contribution in [0.3, 0.4) is 0 Å². The van der Waals surface area contributed by atoms with Gasteiger partial charge in [0.15, 0.2) is 0 Å². The van der Waals surface area contributed by atoms with Gasteiger partial charge in [0, 0.05) is 18.1 Å². The van der Waals surface area contributed by atoms with Gasteiger partial charge in [0.1, 0.15) is 0 Å². The lowest BCUT2D eigenvalue weighted by Crippen LogP contribution is -2.44. The Morgan fingerprint density at radius 2 is 1.81 bits per heavy atom. The standard InChI is InChI=1S/C18H29NO2/c1-6-7-15-8-10-16(11-9-15)14(2)19(18(3,4)5)13-12-17(20)21/h8-11,14H,6-7,12-13H2,1-5H3,(H,20,21). The van der Waals surface area contributed by atoms with Gasteiger partial charge in [-0.3, -0.25) is 9.69 Å². The van der Waals surface area contributed by atoms with E-state index in [0.29, 0.717) is 6.54 Å². The molecule has 3 nitrogen and oxygen atoms in total. The number of nitrogens with zero attached hydrogens (tertiary/aromatic N) is 1. The molecule has 1 rings (SSSR count). The fourth-order valence-electron chi connectivity index (χ4n) is 2.76. The molecule has 0 aliphatic rings. The van der Waals surface area contributed by atoms with Crippen LogP contribution in [0.5, 0.6) is 0 Å². The Bertz CT molecular complexity index is 445. The lowest BCUT2D eigenvalue weighted by atomic mass is 9.97. The fraction of sp³-hybridized carbons (Fsp3) is 0.611. The van der Waals surface area contributed by atoms with Crippen molar-refractivity contribution in [1.29, 1.82) is 0 Å². The van der Waals surface area contributed by atoms with Gasteiger partial charge in [0.05, 0.1) is 6.42 Å². The molecule has 1 atom stereocenters. The minimum Gasteiger partial charge on any atom is -0.481 e. The number of carboxylic acid groups (broad SMARTS) is 1. The van der Waals surface area contributed by atoms with Crippen LogP contribution in [-0.4, -0.2) is 28.1 Å². The van der Waals surface area contributed by atoms with E-state index in [4.69, 9.17) is 5.11 Å². The van der Waals surface area contributed by atoms with E-state index in [1.165, 1.54) is 11.1 Å². The Balaban J connectivity index is 2.88. The predicted molar refractivity (Wildman–Crippen MR) is 87.6 cm³/mol. The second kappa shape index (κ2) is 7.60. The summed E-state index contributed by atoms with van der Waals surface area (Å²) < 4.78 is 0. The van der Waals surface area contributed by atoms with Crippen molar-refractivity contribution in [1.82, 2.24) is 4.90 Å². The molecule has 1 aromatic carbocycles. The minimum absolute atomic E-state index is 0.0586. The van der Waals surface area contributed by atoms with E-state index in [0.717, 1.165) is 12.8 Å². The molecule has 0 bridgehead atoms. The summed E-state index contributed by atoms with van der Waals surface area (Å²) in [4.78, 5) is 13.1. The largest absolute Gasteiger partial charge is 0.481 e. The summed E-state index contributed by atoms with van der Waals surface area (Å²) in [5.41, 5.74) is 2.55. The Morgan fingerprint density at radius 3 is 2.24 bits per heavy atom. The molecule has 0 spiro atoms. The highest BCUT2D eigenvalue weighted by Crippen LogP contribution is 2.28. The maximum atomic E-state index is 10.9. The van der Waals surface area contributed by atoms with Gasteiger partial charge in [-0.05, 0) is 45.2 Å². The molecule has 0 saturated heterocycles. The summed E-state index contributed by atoms with van der Waals surface area (Å²) in [5, 5.41) is 8.95. The average molecular weight is 291 g/mol. The molecule has 0 heterocycles. The van der Waals surface area contributed by atoms with Crippen molar-refractivity contribution in [2.24, 2.45) is 0 Å². The van der Waals surface area contributed by atoms with Gasteiger partial charge in [-0.25, -0.2) is 0 Å². The van der Waals surface area contributed by atoms with E-state index in [2.05, 4.69) is 63.8 Å². The molecular formula is C18H29NO2. The molecule has 1 unspecified atom stereocenters. The Labute approximate surface area is 129 Å². The SMILES string of the molecule is CCCc1ccc(C(C)N(CCC(=O)O)C(C)(C)C)cc1. The van der Waals surface area contributed by atoms with Crippen LogP contribution in [0.15, 0.2) is 24.3 Å². The molecule has 0 aliphatic heterocycles. The van der Waals surface area contributed by atoms with Gasteiger partial charge in [0.25, 0.3) is 0 Å². The van der Waals surface area contributed by atoms with Crippen LogP contribution >= 0.6 is 0 Å². The van der Waals surface area contributed by atoms with Crippen molar-refractivity contribution in [2.45, 2.75) is 65.5 Å². The van der Waals surface area contributed by atoms with Crippen LogP contribution in [0.1, 0.15) is 64.6 Å². The average Bonchev–Trinajstić information content (AvgIpc) is 2.38. The predicted octanol–water partition coefficient (Wildman–Crippen LogP) is 4.28. The van der Waals surface area contributed by atoms with Crippen LogP contribution < -0.4 is 0 Å². The number of carbonyl (C=O) groups is 1. The molecular weight excluding hydrogens is 262 g/mol. The molecule has 21 heavy (non-hydrogen) atoms. The Hall–Kier alpha value is -1.35. The highest BCUT2D eigenvalue weighted by molar-refractivity contribution is 5.66. The second-order valence-corrected chi connectivity index (χ2v) is 6.68. The molecule has 0 aliphatic carbocycles. The molecule has 1 aromatic rings. The summed E-state index contributed by atoms with van der Waals surface area (Å²) in [5.74, 6) is -0.741. The normalized spacial score (nSPS) is 13.4. The third-order valence-electron chi connectivity index (χ3n) is 3.90. The number of hydrogen-bond donors (Lipinski definition) is 1. The number of hydrogen-bond acceptors (Lipinski definition) is 2. The number of aryl methyl sites for hydroxylation is 1. The lowest BCUT2D eigenvalue weighted by Gasteiger charge is -2.40. The van der Waals surface area contributed by atoms with Crippen molar-refractivity contribution in [3.05, 3.63) is 35.4 Å². The zero-order valence-electron chi connectivity index (χ0n) is 14.0. The molecule has 3 heteroatoms. The van der Waals surface area contributed by atoms with E-state index in [9.17, 15) is 4.79 Å². The Kier molecular flexibility index (Phi) is 6.41. The highest BCUT2D eigenvalue weighted by atomic mass is 16.4. The molecule has 0 saturated carbocycles. The highest BCUT2D eigenvalue weighted by Gasteiger charge is 2.27. The molecule has 1 N–H and O–H groups in total. The third kappa shape index (κ3) is 5.50. The van der Waals surface area contributed by atoms with E-state index >= 15 is 0 Å². The minimum atomic E-state index is -0.741. The van der Waals surface area contributed by atoms with Gasteiger partial charge >= 0.3 is 5.97 Å². The smallest absolute Gasteiger partial charge is 0.304 e. The first kappa shape index (κ1) is 17.7. The van der Waals surface area contributed by atoms with Crippen molar-refractivity contribution in [2.75, 3.05) is 6.54 Å². The maximum Gasteiger partial charge on any atom is 0.304 e. The Morgan fingerprint density at radius 1 is 1.24 bits per heavy atom. The van der Waals surface area contributed by atoms with Crippen LogP contribution in [-0.2, 0) is 11.2 Å². The molecule has 0 radical (unpaired) electrons. The van der Waals surface area contributed by atoms with Crippen molar-refractivity contribution in [3.8, 4) is 0 Å². The number of carboxylic acids is 1. The van der Waals surface area contributed by atoms with E-state index in [1.807, 2.05) is 0 Å². The second-order valence-electron chi connectivity index (χ2n) is 6.68. The van der Waals surface area contributed by atoms with Gasteiger partial charge in [-0.15, -0.1) is 0 Å². The zero-order valence-corrected chi connectivity index (χ0v) is 14.0. The maximum absolute atomic E-state index is 10.9. The van der Waals surface area contributed by atoms with Crippen molar-refractivity contribution < 1.29 is 9.90 Å².